The number of carbonyl (C=O) groups is 2. The monoisotopic (exact) mass is 443 g/mol. The second kappa shape index (κ2) is 10.4. The number of aromatic nitrogens is 1. The van der Waals surface area contributed by atoms with Crippen LogP contribution in [0.4, 0.5) is 0 Å². The second-order valence-corrected chi connectivity index (χ2v) is 8.51. The van der Waals surface area contributed by atoms with Gasteiger partial charge in [-0.15, -0.1) is 0 Å². The van der Waals surface area contributed by atoms with Crippen molar-refractivity contribution >= 4 is 11.8 Å². The number of likely N-dealkylation sites (N-methyl/N-ethyl adjacent to an activating group) is 1. The van der Waals surface area contributed by atoms with E-state index in [-0.39, 0.29) is 24.5 Å². The van der Waals surface area contributed by atoms with E-state index in [2.05, 4.69) is 10.3 Å². The standard InChI is InChI=1S/C27H29N3O3/c1-30(27(33)21-11-9-19(10-12-21)20-13-15-28-16-14-20)25(18-31)22-5-4-6-23(17-22)26(32)29-24-7-2-3-8-24/h4-6,9-17,24-25,31H,2-3,7-8,18H2,1H3,(H,29,32)/t25-/m1/s1. The van der Waals surface area contributed by atoms with Crippen LogP contribution in [0, 0.1) is 0 Å². The number of aliphatic hydroxyl groups is 1. The van der Waals surface area contributed by atoms with Gasteiger partial charge >= 0.3 is 0 Å². The molecule has 1 aliphatic rings. The summed E-state index contributed by atoms with van der Waals surface area (Å²) in [5.41, 5.74) is 3.82. The van der Waals surface area contributed by atoms with Gasteiger partial charge in [-0.05, 0) is 65.9 Å². The normalized spacial score (nSPS) is 14.6. The number of rotatable bonds is 7. The van der Waals surface area contributed by atoms with Gasteiger partial charge in [0.1, 0.15) is 0 Å². The highest BCUT2D eigenvalue weighted by Gasteiger charge is 2.24. The van der Waals surface area contributed by atoms with Crippen LogP contribution in [0.1, 0.15) is 58.0 Å². The Balaban J connectivity index is 1.49. The van der Waals surface area contributed by atoms with Crippen LogP contribution in [0.25, 0.3) is 11.1 Å². The maximum Gasteiger partial charge on any atom is 0.254 e. The van der Waals surface area contributed by atoms with Crippen molar-refractivity contribution in [1.29, 1.82) is 0 Å². The first-order chi connectivity index (χ1) is 16.1. The summed E-state index contributed by atoms with van der Waals surface area (Å²) in [6.45, 7) is -0.245. The predicted octanol–water partition coefficient (Wildman–Crippen LogP) is 4.23. The number of carbonyl (C=O) groups excluding carboxylic acids is 2. The summed E-state index contributed by atoms with van der Waals surface area (Å²) in [7, 11) is 1.67. The largest absolute Gasteiger partial charge is 0.394 e. The number of hydrogen-bond donors (Lipinski definition) is 2. The minimum atomic E-state index is -0.559. The van der Waals surface area contributed by atoms with Gasteiger partial charge in [-0.3, -0.25) is 14.6 Å². The van der Waals surface area contributed by atoms with E-state index in [1.54, 1.807) is 49.8 Å². The molecule has 1 heterocycles. The Morgan fingerprint density at radius 1 is 1.00 bits per heavy atom. The Bertz CT molecular complexity index is 1090. The molecular formula is C27H29N3O3. The van der Waals surface area contributed by atoms with Crippen molar-refractivity contribution in [3.63, 3.8) is 0 Å². The van der Waals surface area contributed by atoms with Crippen molar-refractivity contribution in [3.8, 4) is 11.1 Å². The van der Waals surface area contributed by atoms with E-state index in [1.807, 2.05) is 30.3 Å². The van der Waals surface area contributed by atoms with Crippen LogP contribution in [-0.2, 0) is 0 Å². The van der Waals surface area contributed by atoms with Gasteiger partial charge in [0, 0.05) is 36.6 Å². The molecule has 3 aromatic rings. The van der Waals surface area contributed by atoms with Gasteiger partial charge in [-0.25, -0.2) is 0 Å². The molecule has 0 radical (unpaired) electrons. The van der Waals surface area contributed by atoms with Crippen LogP contribution in [0.15, 0.2) is 73.1 Å². The third-order valence-corrected chi connectivity index (χ3v) is 6.33. The number of aliphatic hydroxyl groups excluding tert-OH is 1. The van der Waals surface area contributed by atoms with E-state index >= 15 is 0 Å². The SMILES string of the molecule is CN(C(=O)c1ccc(-c2ccncc2)cc1)[C@H](CO)c1cccc(C(=O)NC2CCCC2)c1. The second-order valence-electron chi connectivity index (χ2n) is 8.51. The fourth-order valence-corrected chi connectivity index (χ4v) is 4.37. The van der Waals surface area contributed by atoms with Gasteiger partial charge in [0.25, 0.3) is 11.8 Å². The summed E-state index contributed by atoms with van der Waals surface area (Å²) in [4.78, 5) is 31.4. The Morgan fingerprint density at radius 2 is 1.67 bits per heavy atom. The van der Waals surface area contributed by atoms with Crippen molar-refractivity contribution in [2.24, 2.45) is 0 Å². The summed E-state index contributed by atoms with van der Waals surface area (Å²) >= 11 is 0. The fourth-order valence-electron chi connectivity index (χ4n) is 4.37. The number of nitrogens with one attached hydrogen (secondary N) is 1. The number of amides is 2. The molecule has 1 aromatic heterocycles. The molecule has 4 rings (SSSR count). The van der Waals surface area contributed by atoms with Gasteiger partial charge in [0.05, 0.1) is 12.6 Å². The lowest BCUT2D eigenvalue weighted by molar-refractivity contribution is 0.0658. The zero-order valence-electron chi connectivity index (χ0n) is 18.8. The van der Waals surface area contributed by atoms with E-state index in [0.29, 0.717) is 11.1 Å². The molecule has 1 aliphatic carbocycles. The van der Waals surface area contributed by atoms with Crippen molar-refractivity contribution in [2.75, 3.05) is 13.7 Å². The van der Waals surface area contributed by atoms with Crippen molar-refractivity contribution in [3.05, 3.63) is 89.7 Å². The molecule has 0 aliphatic heterocycles. The molecule has 2 N–H and O–H groups in total. The van der Waals surface area contributed by atoms with Crippen LogP contribution in [0.2, 0.25) is 0 Å². The van der Waals surface area contributed by atoms with Gasteiger partial charge in [-0.2, -0.15) is 0 Å². The third kappa shape index (κ3) is 5.29. The van der Waals surface area contributed by atoms with Gasteiger partial charge in [-0.1, -0.05) is 37.1 Å². The van der Waals surface area contributed by atoms with Crippen molar-refractivity contribution in [1.82, 2.24) is 15.2 Å². The smallest absolute Gasteiger partial charge is 0.254 e. The van der Waals surface area contributed by atoms with E-state index in [9.17, 15) is 14.7 Å². The molecule has 1 saturated carbocycles. The molecule has 170 valence electrons. The maximum atomic E-state index is 13.1. The first kappa shape index (κ1) is 22.7. The molecule has 6 heteroatoms. The fraction of sp³-hybridized carbons (Fsp3) is 0.296. The minimum Gasteiger partial charge on any atom is -0.394 e. The molecule has 0 spiro atoms. The number of pyridine rings is 1. The molecule has 1 fully saturated rings. The lowest BCUT2D eigenvalue weighted by Gasteiger charge is -2.27. The summed E-state index contributed by atoms with van der Waals surface area (Å²) in [5, 5.41) is 13.2. The molecule has 1 atom stereocenters. The lowest BCUT2D eigenvalue weighted by atomic mass is 10.0. The summed E-state index contributed by atoms with van der Waals surface area (Å²) < 4.78 is 0. The molecule has 6 nitrogen and oxygen atoms in total. The summed E-state index contributed by atoms with van der Waals surface area (Å²) in [6.07, 6.45) is 7.79. The maximum absolute atomic E-state index is 13.1. The summed E-state index contributed by atoms with van der Waals surface area (Å²) in [5.74, 6) is -0.308. The molecule has 0 bridgehead atoms. The molecule has 2 amide bonds. The number of nitrogens with zero attached hydrogens (tertiary/aromatic N) is 2. The summed E-state index contributed by atoms with van der Waals surface area (Å²) in [6, 6.07) is 18.0. The average Bonchev–Trinajstić information content (AvgIpc) is 3.38. The predicted molar refractivity (Wildman–Crippen MR) is 128 cm³/mol. The Kier molecular flexibility index (Phi) is 7.15. The molecule has 0 saturated heterocycles. The lowest BCUT2D eigenvalue weighted by Crippen LogP contribution is -2.34. The first-order valence-electron chi connectivity index (χ1n) is 11.4. The van der Waals surface area contributed by atoms with Crippen LogP contribution in [0.3, 0.4) is 0 Å². The Morgan fingerprint density at radius 3 is 2.33 bits per heavy atom. The van der Waals surface area contributed by atoms with E-state index in [0.717, 1.165) is 42.4 Å². The van der Waals surface area contributed by atoms with Crippen LogP contribution in [0.5, 0.6) is 0 Å². The molecule has 0 unspecified atom stereocenters. The van der Waals surface area contributed by atoms with E-state index in [1.165, 1.54) is 4.90 Å². The minimum absolute atomic E-state index is 0.110. The molecule has 2 aromatic carbocycles. The Hall–Kier alpha value is -3.51. The highest BCUT2D eigenvalue weighted by Crippen LogP contribution is 2.24. The van der Waals surface area contributed by atoms with E-state index in [4.69, 9.17) is 0 Å². The number of benzene rings is 2. The quantitative estimate of drug-likeness (QED) is 0.573. The first-order valence-corrected chi connectivity index (χ1v) is 11.4. The van der Waals surface area contributed by atoms with E-state index < -0.39 is 6.04 Å². The zero-order chi connectivity index (χ0) is 23.2. The van der Waals surface area contributed by atoms with Crippen molar-refractivity contribution in [2.45, 2.75) is 37.8 Å². The third-order valence-electron chi connectivity index (χ3n) is 6.33. The molecule has 33 heavy (non-hydrogen) atoms. The highest BCUT2D eigenvalue weighted by molar-refractivity contribution is 5.96. The van der Waals surface area contributed by atoms with Crippen LogP contribution < -0.4 is 5.32 Å². The number of hydrogen-bond acceptors (Lipinski definition) is 4. The van der Waals surface area contributed by atoms with Crippen LogP contribution in [-0.4, -0.2) is 46.5 Å². The highest BCUT2D eigenvalue weighted by atomic mass is 16.3. The van der Waals surface area contributed by atoms with Crippen LogP contribution >= 0.6 is 0 Å². The zero-order valence-corrected chi connectivity index (χ0v) is 18.8. The van der Waals surface area contributed by atoms with Gasteiger partial charge < -0.3 is 15.3 Å². The molecular weight excluding hydrogens is 414 g/mol. The van der Waals surface area contributed by atoms with Gasteiger partial charge in [0.2, 0.25) is 0 Å². The van der Waals surface area contributed by atoms with Gasteiger partial charge in [0.15, 0.2) is 0 Å². The van der Waals surface area contributed by atoms with Crippen molar-refractivity contribution < 1.29 is 14.7 Å². The topological polar surface area (TPSA) is 82.5 Å². The average molecular weight is 444 g/mol. The Labute approximate surface area is 194 Å².